The van der Waals surface area contributed by atoms with E-state index in [0.29, 0.717) is 5.92 Å². The van der Waals surface area contributed by atoms with Gasteiger partial charge in [-0.05, 0) is 29.7 Å². The molecule has 1 nitrogen and oxygen atoms in total. The molecule has 0 aliphatic heterocycles. The van der Waals surface area contributed by atoms with Gasteiger partial charge >= 0.3 is 0 Å². The second-order valence-electron chi connectivity index (χ2n) is 5.62. The Bertz CT molecular complexity index is 555. The smallest absolute Gasteiger partial charge is 0.0510 e. The highest BCUT2D eigenvalue weighted by molar-refractivity contribution is 5.88. The molecule has 0 N–H and O–H groups in total. The first kappa shape index (κ1) is 14.0. The Hall–Kier alpha value is -1.37. The minimum Gasteiger partial charge on any atom is -0.257 e. The van der Waals surface area contributed by atoms with Gasteiger partial charge in [0.1, 0.15) is 0 Å². The van der Waals surface area contributed by atoms with Gasteiger partial charge in [0.2, 0.25) is 0 Å². The summed E-state index contributed by atoms with van der Waals surface area (Å²) < 4.78 is 0. The minimum absolute atomic E-state index is 0.483. The first-order chi connectivity index (χ1) is 9.19. The number of aryl methyl sites for hydroxylation is 2. The van der Waals surface area contributed by atoms with E-state index in [2.05, 4.69) is 52.0 Å². The van der Waals surface area contributed by atoms with Crippen molar-refractivity contribution in [1.29, 1.82) is 0 Å². The monoisotopic (exact) mass is 255 g/mol. The van der Waals surface area contributed by atoms with E-state index in [1.807, 2.05) is 0 Å². The topological polar surface area (TPSA) is 12.9 Å². The SMILES string of the molecule is CCCc1nc(C(C)C)c2ccccc2c1CCC. The lowest BCUT2D eigenvalue weighted by Crippen LogP contribution is -2.05. The van der Waals surface area contributed by atoms with Crippen LogP contribution in [0, 0.1) is 0 Å². The quantitative estimate of drug-likeness (QED) is 0.710. The fourth-order valence-electron chi connectivity index (χ4n) is 2.81. The Labute approximate surface area is 117 Å². The van der Waals surface area contributed by atoms with Crippen LogP contribution in [0.3, 0.4) is 0 Å². The molecule has 0 amide bonds. The lowest BCUT2D eigenvalue weighted by Gasteiger charge is -2.17. The van der Waals surface area contributed by atoms with Crippen LogP contribution in [-0.4, -0.2) is 4.98 Å². The van der Waals surface area contributed by atoms with Crippen LogP contribution in [0.4, 0.5) is 0 Å². The predicted octanol–water partition coefficient (Wildman–Crippen LogP) is 5.26. The molecule has 0 aliphatic rings. The van der Waals surface area contributed by atoms with Gasteiger partial charge in [-0.2, -0.15) is 0 Å². The molecule has 0 bridgehead atoms. The number of hydrogen-bond donors (Lipinski definition) is 0. The maximum absolute atomic E-state index is 5.01. The van der Waals surface area contributed by atoms with Crippen molar-refractivity contribution in [2.45, 2.75) is 59.3 Å². The molecule has 19 heavy (non-hydrogen) atoms. The zero-order valence-electron chi connectivity index (χ0n) is 12.7. The number of nitrogens with zero attached hydrogens (tertiary/aromatic N) is 1. The van der Waals surface area contributed by atoms with Crippen molar-refractivity contribution in [2.24, 2.45) is 0 Å². The number of fused-ring (bicyclic) bond motifs is 1. The largest absolute Gasteiger partial charge is 0.257 e. The second kappa shape index (κ2) is 6.18. The Kier molecular flexibility index (Phi) is 4.57. The summed E-state index contributed by atoms with van der Waals surface area (Å²) in [5.41, 5.74) is 4.06. The lowest BCUT2D eigenvalue weighted by atomic mass is 9.93. The van der Waals surface area contributed by atoms with Crippen LogP contribution in [0.15, 0.2) is 24.3 Å². The second-order valence-corrected chi connectivity index (χ2v) is 5.62. The summed E-state index contributed by atoms with van der Waals surface area (Å²) >= 11 is 0. The third kappa shape index (κ3) is 2.80. The first-order valence-corrected chi connectivity index (χ1v) is 7.59. The highest BCUT2D eigenvalue weighted by Crippen LogP contribution is 2.29. The molecular weight excluding hydrogens is 230 g/mol. The number of benzene rings is 1. The van der Waals surface area contributed by atoms with Crippen molar-refractivity contribution in [3.05, 3.63) is 41.2 Å². The van der Waals surface area contributed by atoms with Gasteiger partial charge < -0.3 is 0 Å². The summed E-state index contributed by atoms with van der Waals surface area (Å²) in [6, 6.07) is 8.78. The molecule has 1 heteroatoms. The lowest BCUT2D eigenvalue weighted by molar-refractivity contribution is 0.783. The van der Waals surface area contributed by atoms with Crippen molar-refractivity contribution in [2.75, 3.05) is 0 Å². The number of pyridine rings is 1. The van der Waals surface area contributed by atoms with Gasteiger partial charge in [0.05, 0.1) is 5.69 Å². The first-order valence-electron chi connectivity index (χ1n) is 7.59. The van der Waals surface area contributed by atoms with Crippen LogP contribution in [-0.2, 0) is 12.8 Å². The van der Waals surface area contributed by atoms with E-state index in [4.69, 9.17) is 4.98 Å². The Balaban J connectivity index is 2.73. The molecule has 102 valence electrons. The van der Waals surface area contributed by atoms with Crippen LogP contribution in [0.2, 0.25) is 0 Å². The van der Waals surface area contributed by atoms with Gasteiger partial charge in [0.15, 0.2) is 0 Å². The van der Waals surface area contributed by atoms with Crippen molar-refractivity contribution in [3.8, 4) is 0 Å². The maximum atomic E-state index is 5.01. The molecule has 2 aromatic rings. The maximum Gasteiger partial charge on any atom is 0.0510 e. The molecule has 0 fully saturated rings. The van der Waals surface area contributed by atoms with E-state index in [0.717, 1.165) is 12.8 Å². The molecule has 2 rings (SSSR count). The van der Waals surface area contributed by atoms with Gasteiger partial charge in [-0.1, -0.05) is 64.8 Å². The highest BCUT2D eigenvalue weighted by Gasteiger charge is 2.14. The summed E-state index contributed by atoms with van der Waals surface area (Å²) in [5, 5.41) is 2.77. The summed E-state index contributed by atoms with van der Waals surface area (Å²) in [7, 11) is 0. The molecule has 0 radical (unpaired) electrons. The van der Waals surface area contributed by atoms with E-state index in [9.17, 15) is 0 Å². The van der Waals surface area contributed by atoms with Gasteiger partial charge in [0.25, 0.3) is 0 Å². The van der Waals surface area contributed by atoms with Crippen LogP contribution >= 0.6 is 0 Å². The minimum atomic E-state index is 0.483. The Morgan fingerprint density at radius 1 is 0.947 bits per heavy atom. The van der Waals surface area contributed by atoms with Crippen molar-refractivity contribution < 1.29 is 0 Å². The van der Waals surface area contributed by atoms with E-state index >= 15 is 0 Å². The summed E-state index contributed by atoms with van der Waals surface area (Å²) in [6.07, 6.45) is 4.59. The third-order valence-electron chi connectivity index (χ3n) is 3.67. The normalized spacial score (nSPS) is 11.4. The average molecular weight is 255 g/mol. The van der Waals surface area contributed by atoms with Crippen LogP contribution in [0.5, 0.6) is 0 Å². The molecule has 1 aromatic carbocycles. The molecule has 0 saturated heterocycles. The molecule has 0 spiro atoms. The molecule has 1 heterocycles. The number of aromatic nitrogens is 1. The van der Waals surface area contributed by atoms with Crippen molar-refractivity contribution >= 4 is 10.8 Å². The zero-order valence-corrected chi connectivity index (χ0v) is 12.7. The molecule has 0 saturated carbocycles. The van der Waals surface area contributed by atoms with Gasteiger partial charge in [-0.3, -0.25) is 4.98 Å². The fourth-order valence-corrected chi connectivity index (χ4v) is 2.81. The summed E-state index contributed by atoms with van der Waals surface area (Å²) in [4.78, 5) is 5.01. The third-order valence-corrected chi connectivity index (χ3v) is 3.67. The Morgan fingerprint density at radius 3 is 2.16 bits per heavy atom. The highest BCUT2D eigenvalue weighted by atomic mass is 14.7. The zero-order chi connectivity index (χ0) is 13.8. The fraction of sp³-hybridized carbons (Fsp3) is 0.500. The van der Waals surface area contributed by atoms with Crippen LogP contribution in [0.1, 0.15) is 63.4 Å². The van der Waals surface area contributed by atoms with Crippen molar-refractivity contribution in [1.82, 2.24) is 4.98 Å². The van der Waals surface area contributed by atoms with E-state index in [1.54, 1.807) is 0 Å². The summed E-state index contributed by atoms with van der Waals surface area (Å²) in [6.45, 7) is 8.97. The molecule has 1 aromatic heterocycles. The van der Waals surface area contributed by atoms with E-state index < -0.39 is 0 Å². The molecular formula is C18H25N. The van der Waals surface area contributed by atoms with Crippen LogP contribution in [0.25, 0.3) is 10.8 Å². The van der Waals surface area contributed by atoms with E-state index in [1.165, 1.54) is 40.6 Å². The van der Waals surface area contributed by atoms with E-state index in [-0.39, 0.29) is 0 Å². The van der Waals surface area contributed by atoms with Gasteiger partial charge in [0, 0.05) is 11.1 Å². The molecule has 0 unspecified atom stereocenters. The van der Waals surface area contributed by atoms with Gasteiger partial charge in [-0.15, -0.1) is 0 Å². The van der Waals surface area contributed by atoms with Gasteiger partial charge in [-0.25, -0.2) is 0 Å². The number of hydrogen-bond acceptors (Lipinski definition) is 1. The Morgan fingerprint density at radius 2 is 1.58 bits per heavy atom. The number of rotatable bonds is 5. The summed E-state index contributed by atoms with van der Waals surface area (Å²) in [5.74, 6) is 0.483. The molecule has 0 atom stereocenters. The van der Waals surface area contributed by atoms with Crippen LogP contribution < -0.4 is 0 Å². The molecule has 0 aliphatic carbocycles. The standard InChI is InChI=1S/C18H25N/c1-5-9-15-14-11-7-8-12-16(14)18(13(3)4)19-17(15)10-6-2/h7-8,11-13H,5-6,9-10H2,1-4H3. The van der Waals surface area contributed by atoms with Crippen molar-refractivity contribution in [3.63, 3.8) is 0 Å². The average Bonchev–Trinajstić information content (AvgIpc) is 2.41. The predicted molar refractivity (Wildman–Crippen MR) is 83.8 cm³/mol.